The van der Waals surface area contributed by atoms with Gasteiger partial charge in [0.05, 0.1) is 12.3 Å². The van der Waals surface area contributed by atoms with Crippen molar-refractivity contribution in [1.29, 1.82) is 0 Å². The molecule has 1 aromatic heterocycles. The van der Waals surface area contributed by atoms with Crippen LogP contribution < -0.4 is 0 Å². The van der Waals surface area contributed by atoms with Crippen LogP contribution in [-0.4, -0.2) is 21.3 Å². The summed E-state index contributed by atoms with van der Waals surface area (Å²) >= 11 is 0. The first-order chi connectivity index (χ1) is 10.5. The van der Waals surface area contributed by atoms with Gasteiger partial charge >= 0.3 is 5.97 Å². The second-order valence-corrected chi connectivity index (χ2v) is 4.79. The summed E-state index contributed by atoms with van der Waals surface area (Å²) in [7, 11) is 0. The van der Waals surface area contributed by atoms with E-state index in [0.717, 1.165) is 0 Å². The topological polar surface area (TPSA) is 87.9 Å². The van der Waals surface area contributed by atoms with E-state index < -0.39 is 5.97 Å². The molecule has 0 unspecified atom stereocenters. The van der Waals surface area contributed by atoms with Gasteiger partial charge in [0, 0.05) is 10.9 Å². The number of aromatic carboxylic acids is 1. The lowest BCUT2D eigenvalue weighted by atomic mass is 10.00. The van der Waals surface area contributed by atoms with Gasteiger partial charge in [0.2, 0.25) is 0 Å². The van der Waals surface area contributed by atoms with Crippen molar-refractivity contribution in [1.82, 2.24) is 5.16 Å². The number of fused-ring (bicyclic) bond motifs is 1. The van der Waals surface area contributed by atoms with Crippen LogP contribution in [0.4, 0.5) is 5.69 Å². The fraction of sp³-hybridized carbons (Fsp3) is 0.0625. The molecule has 0 amide bonds. The molecule has 0 saturated heterocycles. The summed E-state index contributed by atoms with van der Waals surface area (Å²) in [5.74, 6) is -1.55. The average molecular weight is 294 g/mol. The van der Waals surface area contributed by atoms with E-state index in [1.165, 1.54) is 12.1 Å². The van der Waals surface area contributed by atoms with Crippen molar-refractivity contribution in [3.8, 4) is 16.9 Å². The summed E-state index contributed by atoms with van der Waals surface area (Å²) in [4.78, 5) is 14.4. The Labute approximate surface area is 125 Å². The molecule has 108 valence electrons. The van der Waals surface area contributed by atoms with E-state index in [-0.39, 0.29) is 11.3 Å². The number of carboxylic acids is 1. The van der Waals surface area contributed by atoms with Gasteiger partial charge in [-0.25, -0.2) is 9.64 Å². The zero-order valence-electron chi connectivity index (χ0n) is 11.5. The van der Waals surface area contributed by atoms with Crippen LogP contribution in [0.15, 0.2) is 34.9 Å². The molecule has 6 nitrogen and oxygen atoms in total. The summed E-state index contributed by atoms with van der Waals surface area (Å²) in [6.45, 7) is 8.95. The number of carboxylic acid groups (broad SMARTS) is 1. The number of carbonyl (C=O) groups is 1. The molecule has 0 spiro atoms. The molecule has 0 fully saturated rings. The molecule has 2 aromatic carbocycles. The molecule has 3 rings (SSSR count). The monoisotopic (exact) mass is 294 g/mol. The Bertz CT molecular complexity index is 951. The lowest BCUT2D eigenvalue weighted by Crippen LogP contribution is -1.96. The van der Waals surface area contributed by atoms with Gasteiger partial charge in [-0.05, 0) is 36.8 Å². The Morgan fingerprint density at radius 2 is 2.09 bits per heavy atom. The molecular weight excluding hydrogens is 284 g/mol. The van der Waals surface area contributed by atoms with Crippen molar-refractivity contribution in [3.63, 3.8) is 0 Å². The number of phenols is 1. The Morgan fingerprint density at radius 3 is 2.73 bits per heavy atom. The number of aryl methyl sites for hydroxylation is 1. The molecule has 0 atom stereocenters. The highest BCUT2D eigenvalue weighted by molar-refractivity contribution is 5.98. The predicted molar refractivity (Wildman–Crippen MR) is 79.1 cm³/mol. The maximum absolute atomic E-state index is 11.0. The summed E-state index contributed by atoms with van der Waals surface area (Å²) in [6.07, 6.45) is 0. The van der Waals surface area contributed by atoms with Crippen LogP contribution in [0, 0.1) is 13.5 Å². The normalized spacial score (nSPS) is 10.5. The summed E-state index contributed by atoms with van der Waals surface area (Å²) in [5, 5.41) is 23.4. The van der Waals surface area contributed by atoms with Crippen LogP contribution >= 0.6 is 0 Å². The van der Waals surface area contributed by atoms with E-state index >= 15 is 0 Å². The van der Waals surface area contributed by atoms with Crippen molar-refractivity contribution < 1.29 is 19.5 Å². The first-order valence-electron chi connectivity index (χ1n) is 6.35. The largest absolute Gasteiger partial charge is 0.507 e. The minimum absolute atomic E-state index is 0.185. The van der Waals surface area contributed by atoms with Gasteiger partial charge < -0.3 is 14.7 Å². The average Bonchev–Trinajstić information content (AvgIpc) is 2.87. The quantitative estimate of drug-likeness (QED) is 0.702. The van der Waals surface area contributed by atoms with E-state index in [1.54, 1.807) is 25.1 Å². The van der Waals surface area contributed by atoms with Crippen molar-refractivity contribution in [2.75, 3.05) is 0 Å². The molecule has 6 heteroatoms. The molecule has 3 aromatic rings. The van der Waals surface area contributed by atoms with Crippen LogP contribution in [0.2, 0.25) is 0 Å². The molecule has 0 aliphatic heterocycles. The van der Waals surface area contributed by atoms with E-state index in [4.69, 9.17) is 16.2 Å². The second kappa shape index (κ2) is 4.90. The highest BCUT2D eigenvalue weighted by Crippen LogP contribution is 2.36. The van der Waals surface area contributed by atoms with Gasteiger partial charge in [-0.15, -0.1) is 0 Å². The summed E-state index contributed by atoms with van der Waals surface area (Å²) in [5.41, 5.74) is 2.51. The Hall–Kier alpha value is -3.33. The zero-order chi connectivity index (χ0) is 15.9. The highest BCUT2D eigenvalue weighted by Gasteiger charge is 2.16. The lowest BCUT2D eigenvalue weighted by molar-refractivity contribution is 0.0694. The fourth-order valence-electron chi connectivity index (χ4n) is 2.30. The fourth-order valence-corrected chi connectivity index (χ4v) is 2.30. The number of nitrogens with zero attached hydrogens (tertiary/aromatic N) is 2. The molecular formula is C16H10N2O4. The van der Waals surface area contributed by atoms with Crippen LogP contribution in [0.5, 0.6) is 5.75 Å². The minimum atomic E-state index is -1.21. The maximum Gasteiger partial charge on any atom is 0.339 e. The van der Waals surface area contributed by atoms with Gasteiger partial charge in [0.25, 0.3) is 0 Å². The first-order valence-corrected chi connectivity index (χ1v) is 6.35. The number of hydrogen-bond acceptors (Lipinski definition) is 4. The molecule has 0 bridgehead atoms. The number of benzene rings is 2. The number of rotatable bonds is 2. The Kier molecular flexibility index (Phi) is 3.04. The molecule has 1 heterocycles. The van der Waals surface area contributed by atoms with E-state index in [1.807, 2.05) is 0 Å². The molecule has 22 heavy (non-hydrogen) atoms. The third kappa shape index (κ3) is 2.05. The standard InChI is InChI=1S/C16H10N2O4/c1-8-12-6-10(17-2)7-13(15(12)22-18-8)9-3-4-11(16(20)21)14(19)5-9/h3-7,19H,1H3,(H,20,21). The van der Waals surface area contributed by atoms with E-state index in [9.17, 15) is 9.90 Å². The maximum atomic E-state index is 11.0. The number of hydrogen-bond donors (Lipinski definition) is 2. The highest BCUT2D eigenvalue weighted by atomic mass is 16.5. The van der Waals surface area contributed by atoms with Crippen molar-refractivity contribution in [2.45, 2.75) is 6.92 Å². The van der Waals surface area contributed by atoms with Gasteiger partial charge in [-0.3, -0.25) is 0 Å². The van der Waals surface area contributed by atoms with Crippen LogP contribution in [0.1, 0.15) is 16.1 Å². The van der Waals surface area contributed by atoms with Crippen LogP contribution in [0.3, 0.4) is 0 Å². The summed E-state index contributed by atoms with van der Waals surface area (Å²) < 4.78 is 5.30. The predicted octanol–water partition coefficient (Wildman–Crippen LogP) is 3.76. The third-order valence-corrected chi connectivity index (χ3v) is 3.41. The van der Waals surface area contributed by atoms with Gasteiger partial charge in [0.1, 0.15) is 11.3 Å². The van der Waals surface area contributed by atoms with Crippen molar-refractivity contribution >= 4 is 22.6 Å². The summed E-state index contributed by atoms with van der Waals surface area (Å²) in [6, 6.07) is 7.51. The molecule has 2 N–H and O–H groups in total. The Balaban J connectivity index is 2.28. The zero-order valence-corrected chi connectivity index (χ0v) is 11.5. The second-order valence-electron chi connectivity index (χ2n) is 4.79. The van der Waals surface area contributed by atoms with Gasteiger partial charge in [-0.1, -0.05) is 11.2 Å². The molecule has 0 aliphatic carbocycles. The first kappa shape index (κ1) is 13.6. The molecule has 0 saturated carbocycles. The van der Waals surface area contributed by atoms with Crippen molar-refractivity contribution in [3.05, 3.63) is 53.0 Å². The van der Waals surface area contributed by atoms with Crippen molar-refractivity contribution in [2.24, 2.45) is 0 Å². The van der Waals surface area contributed by atoms with E-state index in [2.05, 4.69) is 10.0 Å². The number of aromatic nitrogens is 1. The third-order valence-electron chi connectivity index (χ3n) is 3.41. The van der Waals surface area contributed by atoms with E-state index in [0.29, 0.717) is 33.5 Å². The van der Waals surface area contributed by atoms with Crippen LogP contribution in [-0.2, 0) is 0 Å². The van der Waals surface area contributed by atoms with Gasteiger partial charge in [-0.2, -0.15) is 0 Å². The smallest absolute Gasteiger partial charge is 0.339 e. The minimum Gasteiger partial charge on any atom is -0.507 e. The molecule has 0 radical (unpaired) electrons. The Morgan fingerprint density at radius 1 is 1.32 bits per heavy atom. The van der Waals surface area contributed by atoms with Gasteiger partial charge in [0.15, 0.2) is 11.3 Å². The number of aromatic hydroxyl groups is 1. The lowest BCUT2D eigenvalue weighted by Gasteiger charge is -2.06. The SMILES string of the molecule is [C-]#[N+]c1cc(-c2ccc(C(=O)O)c(O)c2)c2onc(C)c2c1. The molecule has 0 aliphatic rings. The van der Waals surface area contributed by atoms with Crippen LogP contribution in [0.25, 0.3) is 26.9 Å².